The molecule has 1 aliphatic rings. The van der Waals surface area contributed by atoms with Gasteiger partial charge in [-0.25, -0.2) is 0 Å². The third kappa shape index (κ3) is 5.13. The summed E-state index contributed by atoms with van der Waals surface area (Å²) in [6, 6.07) is 0.330. The van der Waals surface area contributed by atoms with Gasteiger partial charge >= 0.3 is 6.18 Å². The summed E-state index contributed by atoms with van der Waals surface area (Å²) in [6.07, 6.45) is -0.322. The quantitative estimate of drug-likeness (QED) is 0.730. The van der Waals surface area contributed by atoms with Gasteiger partial charge in [0.1, 0.15) is 0 Å². The second kappa shape index (κ2) is 4.84. The molecule has 1 atom stereocenters. The maximum Gasteiger partial charge on any atom is 0.389 e. The van der Waals surface area contributed by atoms with Crippen molar-refractivity contribution in [3.8, 4) is 0 Å². The Morgan fingerprint density at radius 1 is 1.23 bits per heavy atom. The van der Waals surface area contributed by atoms with Crippen molar-refractivity contribution in [2.45, 2.75) is 50.7 Å². The molecule has 1 fully saturated rings. The number of hydrogen-bond acceptors (Lipinski definition) is 1. The summed E-state index contributed by atoms with van der Waals surface area (Å²) >= 11 is 0. The molecular weight excluding hydrogens is 179 g/mol. The van der Waals surface area contributed by atoms with Gasteiger partial charge in [-0.2, -0.15) is 13.2 Å². The summed E-state index contributed by atoms with van der Waals surface area (Å²) in [7, 11) is 0. The van der Waals surface area contributed by atoms with Gasteiger partial charge in [0, 0.05) is 12.5 Å². The lowest BCUT2D eigenvalue weighted by atomic mass is 10.00. The average molecular weight is 195 g/mol. The minimum atomic E-state index is -3.98. The molecule has 0 aromatic heterocycles. The van der Waals surface area contributed by atoms with E-state index in [0.717, 1.165) is 25.8 Å². The number of halogens is 3. The number of piperidine rings is 1. The summed E-state index contributed by atoms with van der Waals surface area (Å²) in [6.45, 7) is 0.969. The Labute approximate surface area is 76.7 Å². The molecule has 0 aromatic rings. The normalized spacial score (nSPS) is 24.7. The zero-order valence-electron chi connectivity index (χ0n) is 7.66. The van der Waals surface area contributed by atoms with E-state index in [0.29, 0.717) is 12.5 Å². The molecule has 0 spiro atoms. The third-order valence-corrected chi connectivity index (χ3v) is 2.43. The van der Waals surface area contributed by atoms with Crippen LogP contribution >= 0.6 is 0 Å². The molecule has 0 amide bonds. The fourth-order valence-electron chi connectivity index (χ4n) is 1.72. The molecule has 1 aliphatic heterocycles. The Bertz CT molecular complexity index is 138. The van der Waals surface area contributed by atoms with E-state index in [-0.39, 0.29) is 6.42 Å². The van der Waals surface area contributed by atoms with Crippen molar-refractivity contribution in [2.75, 3.05) is 6.54 Å². The number of rotatable bonds is 3. The highest BCUT2D eigenvalue weighted by Gasteiger charge is 2.26. The van der Waals surface area contributed by atoms with E-state index >= 15 is 0 Å². The molecule has 1 rings (SSSR count). The zero-order chi connectivity index (χ0) is 9.73. The van der Waals surface area contributed by atoms with Crippen molar-refractivity contribution in [3.05, 3.63) is 0 Å². The van der Waals surface area contributed by atoms with Crippen molar-refractivity contribution in [1.29, 1.82) is 0 Å². The Kier molecular flexibility index (Phi) is 4.03. The summed E-state index contributed by atoms with van der Waals surface area (Å²) in [5, 5.41) is 3.24. The Balaban J connectivity index is 2.04. The van der Waals surface area contributed by atoms with Crippen LogP contribution in [-0.4, -0.2) is 18.8 Å². The van der Waals surface area contributed by atoms with Crippen molar-refractivity contribution in [3.63, 3.8) is 0 Å². The van der Waals surface area contributed by atoms with Gasteiger partial charge in [0.05, 0.1) is 0 Å². The van der Waals surface area contributed by atoms with Crippen LogP contribution in [-0.2, 0) is 0 Å². The summed E-state index contributed by atoms with van der Waals surface area (Å²) < 4.78 is 35.4. The second-order valence-corrected chi connectivity index (χ2v) is 3.65. The van der Waals surface area contributed by atoms with Gasteiger partial charge in [-0.3, -0.25) is 0 Å². The van der Waals surface area contributed by atoms with Gasteiger partial charge < -0.3 is 5.32 Å². The van der Waals surface area contributed by atoms with Crippen LogP contribution in [0.2, 0.25) is 0 Å². The van der Waals surface area contributed by atoms with E-state index in [2.05, 4.69) is 5.32 Å². The molecular formula is C9H16F3N. The smallest absolute Gasteiger partial charge is 0.314 e. The first-order valence-corrected chi connectivity index (χ1v) is 4.88. The monoisotopic (exact) mass is 195 g/mol. The van der Waals surface area contributed by atoms with E-state index in [1.54, 1.807) is 0 Å². The first-order valence-electron chi connectivity index (χ1n) is 4.88. The van der Waals surface area contributed by atoms with Crippen LogP contribution in [0.15, 0.2) is 0 Å². The number of nitrogens with one attached hydrogen (secondary N) is 1. The van der Waals surface area contributed by atoms with Gasteiger partial charge in [0.15, 0.2) is 0 Å². The molecule has 0 aromatic carbocycles. The van der Waals surface area contributed by atoms with Gasteiger partial charge in [0.25, 0.3) is 0 Å². The van der Waals surface area contributed by atoms with Crippen LogP contribution in [0.3, 0.4) is 0 Å². The topological polar surface area (TPSA) is 12.0 Å². The lowest BCUT2D eigenvalue weighted by Gasteiger charge is -2.23. The van der Waals surface area contributed by atoms with Gasteiger partial charge in [-0.15, -0.1) is 0 Å². The van der Waals surface area contributed by atoms with Crippen LogP contribution < -0.4 is 5.32 Å². The van der Waals surface area contributed by atoms with Gasteiger partial charge in [0.2, 0.25) is 0 Å². The highest BCUT2D eigenvalue weighted by molar-refractivity contribution is 4.72. The fourth-order valence-corrected chi connectivity index (χ4v) is 1.72. The Morgan fingerprint density at radius 2 is 2.00 bits per heavy atom. The van der Waals surface area contributed by atoms with Gasteiger partial charge in [-0.05, 0) is 32.2 Å². The minimum absolute atomic E-state index is 0.265. The van der Waals surface area contributed by atoms with Crippen molar-refractivity contribution in [1.82, 2.24) is 5.32 Å². The Hall–Kier alpha value is -0.250. The van der Waals surface area contributed by atoms with Gasteiger partial charge in [-0.1, -0.05) is 6.42 Å². The molecule has 78 valence electrons. The average Bonchev–Trinajstić information content (AvgIpc) is 2.04. The van der Waals surface area contributed by atoms with Crippen LogP contribution in [0.1, 0.15) is 38.5 Å². The highest BCUT2D eigenvalue weighted by atomic mass is 19.4. The van der Waals surface area contributed by atoms with E-state index < -0.39 is 12.6 Å². The molecule has 0 saturated carbocycles. The molecule has 0 radical (unpaired) electrons. The zero-order valence-corrected chi connectivity index (χ0v) is 7.66. The first kappa shape index (κ1) is 10.8. The third-order valence-electron chi connectivity index (χ3n) is 2.43. The molecule has 1 N–H and O–H groups in total. The minimum Gasteiger partial charge on any atom is -0.314 e. The number of hydrogen-bond donors (Lipinski definition) is 1. The van der Waals surface area contributed by atoms with E-state index in [9.17, 15) is 13.2 Å². The SMILES string of the molecule is FC(F)(F)CCCC1CCCCN1. The van der Waals surface area contributed by atoms with Crippen LogP contribution in [0.5, 0.6) is 0 Å². The lowest BCUT2D eigenvalue weighted by Crippen LogP contribution is -2.33. The predicted molar refractivity (Wildman–Crippen MR) is 45.5 cm³/mol. The summed E-state index contributed by atoms with van der Waals surface area (Å²) in [4.78, 5) is 0. The fraction of sp³-hybridized carbons (Fsp3) is 1.00. The summed E-state index contributed by atoms with van der Waals surface area (Å²) in [5.74, 6) is 0. The molecule has 13 heavy (non-hydrogen) atoms. The van der Waals surface area contributed by atoms with Crippen molar-refractivity contribution in [2.24, 2.45) is 0 Å². The molecule has 0 bridgehead atoms. The first-order chi connectivity index (χ1) is 6.08. The Morgan fingerprint density at radius 3 is 2.54 bits per heavy atom. The van der Waals surface area contributed by atoms with Crippen molar-refractivity contribution >= 4 is 0 Å². The molecule has 1 nitrogen and oxygen atoms in total. The molecule has 4 heteroatoms. The maximum atomic E-state index is 11.8. The highest BCUT2D eigenvalue weighted by Crippen LogP contribution is 2.23. The van der Waals surface area contributed by atoms with E-state index in [4.69, 9.17) is 0 Å². The summed E-state index contributed by atoms with van der Waals surface area (Å²) in [5.41, 5.74) is 0. The van der Waals surface area contributed by atoms with Crippen LogP contribution in [0.4, 0.5) is 13.2 Å². The molecule has 1 unspecified atom stereocenters. The van der Waals surface area contributed by atoms with Crippen LogP contribution in [0, 0.1) is 0 Å². The molecule has 1 saturated heterocycles. The van der Waals surface area contributed by atoms with Crippen molar-refractivity contribution < 1.29 is 13.2 Å². The van der Waals surface area contributed by atoms with Crippen LogP contribution in [0.25, 0.3) is 0 Å². The lowest BCUT2D eigenvalue weighted by molar-refractivity contribution is -0.135. The molecule has 0 aliphatic carbocycles. The second-order valence-electron chi connectivity index (χ2n) is 3.65. The standard InChI is InChI=1S/C9H16F3N/c10-9(11,12)6-3-5-8-4-1-2-7-13-8/h8,13H,1-7H2. The van der Waals surface area contributed by atoms with E-state index in [1.807, 2.05) is 0 Å². The number of alkyl halides is 3. The molecule has 1 heterocycles. The predicted octanol–water partition coefficient (Wildman–Crippen LogP) is 2.86. The van der Waals surface area contributed by atoms with E-state index in [1.165, 1.54) is 0 Å². The largest absolute Gasteiger partial charge is 0.389 e. The maximum absolute atomic E-state index is 11.8.